The van der Waals surface area contributed by atoms with Crippen LogP contribution in [0.4, 0.5) is 4.39 Å². The SMILES string of the molecule is CCNC(=O)c1c(-c2ccccn2)c([C@H](C)N)nc2ccc(F)cc12. The second kappa shape index (κ2) is 6.94. The second-order valence-corrected chi connectivity index (χ2v) is 5.77. The summed E-state index contributed by atoms with van der Waals surface area (Å²) in [6.45, 7) is 4.08. The molecule has 3 rings (SSSR count). The summed E-state index contributed by atoms with van der Waals surface area (Å²) in [5.74, 6) is -0.733. The number of aromatic nitrogens is 2. The van der Waals surface area contributed by atoms with Gasteiger partial charge < -0.3 is 11.1 Å². The van der Waals surface area contributed by atoms with Crippen LogP contribution in [0.2, 0.25) is 0 Å². The molecular formula is C19H19FN4O. The fourth-order valence-corrected chi connectivity index (χ4v) is 2.84. The molecule has 0 aliphatic rings. The molecule has 0 saturated heterocycles. The average molecular weight is 338 g/mol. The normalized spacial score (nSPS) is 12.2. The molecule has 1 atom stereocenters. The Labute approximate surface area is 145 Å². The van der Waals surface area contributed by atoms with E-state index in [1.54, 1.807) is 31.3 Å². The highest BCUT2D eigenvalue weighted by Gasteiger charge is 2.24. The monoisotopic (exact) mass is 338 g/mol. The number of carbonyl (C=O) groups excluding carboxylic acids is 1. The maximum atomic E-state index is 13.9. The Kier molecular flexibility index (Phi) is 4.72. The van der Waals surface area contributed by atoms with E-state index in [0.29, 0.717) is 40.0 Å². The standard InChI is InChI=1S/C19H19FN4O/c1-3-22-19(25)16-13-10-12(20)7-8-14(13)24-18(11(2)21)17(16)15-6-4-5-9-23-15/h4-11H,3,21H2,1-2H3,(H,22,25)/t11-/m0/s1. The first-order chi connectivity index (χ1) is 12.0. The third-order valence-corrected chi connectivity index (χ3v) is 3.89. The van der Waals surface area contributed by atoms with Crippen molar-refractivity contribution in [2.24, 2.45) is 5.73 Å². The quantitative estimate of drug-likeness (QED) is 0.765. The van der Waals surface area contributed by atoms with Gasteiger partial charge in [-0.1, -0.05) is 6.07 Å². The molecule has 0 bridgehead atoms. The van der Waals surface area contributed by atoms with E-state index >= 15 is 0 Å². The zero-order valence-electron chi connectivity index (χ0n) is 14.1. The van der Waals surface area contributed by atoms with Crippen LogP contribution in [-0.2, 0) is 0 Å². The van der Waals surface area contributed by atoms with Crippen molar-refractivity contribution >= 4 is 16.8 Å². The first kappa shape index (κ1) is 17.0. The van der Waals surface area contributed by atoms with Crippen LogP contribution >= 0.6 is 0 Å². The largest absolute Gasteiger partial charge is 0.352 e. The highest BCUT2D eigenvalue weighted by Crippen LogP contribution is 2.33. The van der Waals surface area contributed by atoms with Gasteiger partial charge in [-0.3, -0.25) is 14.8 Å². The maximum absolute atomic E-state index is 13.9. The van der Waals surface area contributed by atoms with Crippen LogP contribution in [0.1, 0.15) is 35.9 Å². The van der Waals surface area contributed by atoms with E-state index in [4.69, 9.17) is 5.73 Å². The van der Waals surface area contributed by atoms with E-state index in [9.17, 15) is 9.18 Å². The van der Waals surface area contributed by atoms with Gasteiger partial charge in [0, 0.05) is 29.7 Å². The molecule has 3 aromatic rings. The predicted octanol–water partition coefficient (Wildman–Crippen LogP) is 3.21. The minimum absolute atomic E-state index is 0.303. The topological polar surface area (TPSA) is 80.9 Å². The number of carbonyl (C=O) groups is 1. The van der Waals surface area contributed by atoms with Crippen LogP contribution in [0, 0.1) is 5.82 Å². The minimum atomic E-state index is -0.430. The number of pyridine rings is 2. The van der Waals surface area contributed by atoms with Crippen LogP contribution in [0.25, 0.3) is 22.2 Å². The lowest BCUT2D eigenvalue weighted by molar-refractivity contribution is 0.0958. The Balaban J connectivity index is 2.46. The molecule has 1 amide bonds. The molecule has 3 N–H and O–H groups in total. The smallest absolute Gasteiger partial charge is 0.252 e. The van der Waals surface area contributed by atoms with Gasteiger partial charge in [-0.2, -0.15) is 0 Å². The van der Waals surface area contributed by atoms with Crippen molar-refractivity contribution < 1.29 is 9.18 Å². The summed E-state index contributed by atoms with van der Waals surface area (Å²) in [5, 5.41) is 3.23. The van der Waals surface area contributed by atoms with Gasteiger partial charge in [-0.15, -0.1) is 0 Å². The van der Waals surface area contributed by atoms with Gasteiger partial charge in [0.05, 0.1) is 22.5 Å². The van der Waals surface area contributed by atoms with Crippen LogP contribution in [0.5, 0.6) is 0 Å². The molecule has 0 aliphatic heterocycles. The average Bonchev–Trinajstić information content (AvgIpc) is 2.60. The summed E-state index contributed by atoms with van der Waals surface area (Å²) in [5.41, 5.74) is 8.66. The zero-order valence-corrected chi connectivity index (χ0v) is 14.1. The molecular weight excluding hydrogens is 319 g/mol. The molecule has 2 aromatic heterocycles. The molecule has 0 unspecified atom stereocenters. The number of halogens is 1. The molecule has 1 aromatic carbocycles. The summed E-state index contributed by atoms with van der Waals surface area (Å²) in [7, 11) is 0. The molecule has 2 heterocycles. The number of fused-ring (bicyclic) bond motifs is 1. The summed E-state index contributed by atoms with van der Waals surface area (Å²) in [4.78, 5) is 21.7. The molecule has 5 nitrogen and oxygen atoms in total. The fraction of sp³-hybridized carbons (Fsp3) is 0.211. The molecule has 0 fully saturated rings. The number of benzene rings is 1. The summed E-state index contributed by atoms with van der Waals surface area (Å²) in [6, 6.07) is 9.18. The van der Waals surface area contributed by atoms with Gasteiger partial charge in [0.2, 0.25) is 0 Å². The van der Waals surface area contributed by atoms with Crippen molar-refractivity contribution in [3.63, 3.8) is 0 Å². The van der Waals surface area contributed by atoms with E-state index in [-0.39, 0.29) is 5.91 Å². The van der Waals surface area contributed by atoms with Gasteiger partial charge >= 0.3 is 0 Å². The molecule has 0 aliphatic carbocycles. The lowest BCUT2D eigenvalue weighted by atomic mass is 9.94. The van der Waals surface area contributed by atoms with Gasteiger partial charge in [0.1, 0.15) is 5.82 Å². The van der Waals surface area contributed by atoms with Crippen molar-refractivity contribution in [3.05, 3.63) is 59.7 Å². The first-order valence-electron chi connectivity index (χ1n) is 8.11. The Bertz CT molecular complexity index is 926. The number of nitrogens with two attached hydrogens (primary N) is 1. The van der Waals surface area contributed by atoms with Crippen molar-refractivity contribution in [1.82, 2.24) is 15.3 Å². The van der Waals surface area contributed by atoms with Crippen LogP contribution in [0.3, 0.4) is 0 Å². The summed E-state index contributed by atoms with van der Waals surface area (Å²) in [6.07, 6.45) is 1.64. The van der Waals surface area contributed by atoms with Crippen molar-refractivity contribution in [3.8, 4) is 11.3 Å². The minimum Gasteiger partial charge on any atom is -0.352 e. The summed E-state index contributed by atoms with van der Waals surface area (Å²) >= 11 is 0. The number of nitrogens with one attached hydrogen (secondary N) is 1. The Morgan fingerprint density at radius 2 is 2.12 bits per heavy atom. The Hall–Kier alpha value is -2.86. The van der Waals surface area contributed by atoms with Crippen molar-refractivity contribution in [1.29, 1.82) is 0 Å². The molecule has 25 heavy (non-hydrogen) atoms. The van der Waals surface area contributed by atoms with Gasteiger partial charge in [0.15, 0.2) is 0 Å². The third kappa shape index (κ3) is 3.21. The van der Waals surface area contributed by atoms with E-state index in [1.165, 1.54) is 12.1 Å². The third-order valence-electron chi connectivity index (χ3n) is 3.89. The van der Waals surface area contributed by atoms with Gasteiger partial charge in [-0.05, 0) is 44.2 Å². The lowest BCUT2D eigenvalue weighted by Gasteiger charge is -2.18. The number of hydrogen-bond donors (Lipinski definition) is 2. The second-order valence-electron chi connectivity index (χ2n) is 5.77. The number of hydrogen-bond acceptors (Lipinski definition) is 4. The van der Waals surface area contributed by atoms with Crippen LogP contribution in [0.15, 0.2) is 42.6 Å². The predicted molar refractivity (Wildman–Crippen MR) is 95.5 cm³/mol. The van der Waals surface area contributed by atoms with E-state index in [2.05, 4.69) is 15.3 Å². The van der Waals surface area contributed by atoms with E-state index < -0.39 is 11.9 Å². The number of amides is 1. The van der Waals surface area contributed by atoms with Crippen molar-refractivity contribution in [2.75, 3.05) is 6.54 Å². The van der Waals surface area contributed by atoms with Crippen LogP contribution in [-0.4, -0.2) is 22.4 Å². The highest BCUT2D eigenvalue weighted by atomic mass is 19.1. The van der Waals surface area contributed by atoms with Crippen molar-refractivity contribution in [2.45, 2.75) is 19.9 Å². The molecule has 128 valence electrons. The zero-order chi connectivity index (χ0) is 18.0. The fourth-order valence-electron chi connectivity index (χ4n) is 2.84. The Morgan fingerprint density at radius 3 is 2.76 bits per heavy atom. The molecule has 0 saturated carbocycles. The lowest BCUT2D eigenvalue weighted by Crippen LogP contribution is -2.25. The first-order valence-corrected chi connectivity index (χ1v) is 8.11. The highest BCUT2D eigenvalue weighted by molar-refractivity contribution is 6.11. The molecule has 0 radical (unpaired) electrons. The molecule has 0 spiro atoms. The number of rotatable bonds is 4. The Morgan fingerprint density at radius 1 is 1.32 bits per heavy atom. The maximum Gasteiger partial charge on any atom is 0.252 e. The van der Waals surface area contributed by atoms with Gasteiger partial charge in [0.25, 0.3) is 5.91 Å². The van der Waals surface area contributed by atoms with Crippen LogP contribution < -0.4 is 11.1 Å². The van der Waals surface area contributed by atoms with E-state index in [0.717, 1.165) is 0 Å². The van der Waals surface area contributed by atoms with E-state index in [1.807, 2.05) is 13.0 Å². The summed E-state index contributed by atoms with van der Waals surface area (Å²) < 4.78 is 13.9. The molecule has 6 heteroatoms. The van der Waals surface area contributed by atoms with Gasteiger partial charge in [-0.25, -0.2) is 4.39 Å². The number of nitrogens with zero attached hydrogens (tertiary/aromatic N) is 2.